The fourth-order valence-corrected chi connectivity index (χ4v) is 5.37. The summed E-state index contributed by atoms with van der Waals surface area (Å²) in [5.74, 6) is -0.187. The van der Waals surface area contributed by atoms with E-state index < -0.39 is 16.1 Å². The molecule has 0 radical (unpaired) electrons. The summed E-state index contributed by atoms with van der Waals surface area (Å²) in [4.78, 5) is 27.8. The van der Waals surface area contributed by atoms with Crippen LogP contribution in [0.3, 0.4) is 0 Å². The molecule has 0 aliphatic rings. The average Bonchev–Trinajstić information content (AvgIpc) is 2.84. The SMILES string of the molecule is CC[C@H](C)NC(=O)[C@@H](C)N(Cc1ccc(Cl)cc1Cl)C(=O)CCCN(c1ccc(OC)c(Cl)c1)S(C)(=O)=O. The van der Waals surface area contributed by atoms with Gasteiger partial charge in [-0.2, -0.15) is 0 Å². The molecule has 2 atom stereocenters. The molecule has 0 unspecified atom stereocenters. The predicted molar refractivity (Wildman–Crippen MR) is 154 cm³/mol. The molecule has 0 bridgehead atoms. The number of carbonyl (C=O) groups is 2. The van der Waals surface area contributed by atoms with E-state index in [9.17, 15) is 18.0 Å². The van der Waals surface area contributed by atoms with Crippen molar-refractivity contribution in [3.63, 3.8) is 0 Å². The van der Waals surface area contributed by atoms with E-state index in [-0.39, 0.29) is 48.8 Å². The highest BCUT2D eigenvalue weighted by atomic mass is 35.5. The number of rotatable bonds is 13. The first-order valence-electron chi connectivity index (χ1n) is 12.1. The van der Waals surface area contributed by atoms with Gasteiger partial charge in [-0.1, -0.05) is 47.8 Å². The fourth-order valence-electron chi connectivity index (χ4n) is 3.70. The van der Waals surface area contributed by atoms with Crippen LogP contribution in [0.1, 0.15) is 45.6 Å². The van der Waals surface area contributed by atoms with Gasteiger partial charge in [0.25, 0.3) is 0 Å². The van der Waals surface area contributed by atoms with E-state index in [1.54, 1.807) is 37.3 Å². The minimum absolute atomic E-state index is 0.00205. The van der Waals surface area contributed by atoms with Crippen LogP contribution in [0.25, 0.3) is 0 Å². The molecule has 1 N–H and O–H groups in total. The van der Waals surface area contributed by atoms with Gasteiger partial charge in [0, 0.05) is 35.6 Å². The number of hydrogen-bond donors (Lipinski definition) is 1. The molecule has 2 aromatic carbocycles. The number of benzene rings is 2. The second-order valence-corrected chi connectivity index (χ2v) is 12.2. The van der Waals surface area contributed by atoms with Gasteiger partial charge < -0.3 is 15.0 Å². The van der Waals surface area contributed by atoms with E-state index in [4.69, 9.17) is 39.5 Å². The van der Waals surface area contributed by atoms with Gasteiger partial charge in [0.05, 0.1) is 24.1 Å². The second kappa shape index (κ2) is 14.3. The van der Waals surface area contributed by atoms with Gasteiger partial charge in [-0.3, -0.25) is 13.9 Å². The number of sulfonamides is 1. The maximum absolute atomic E-state index is 13.4. The third-order valence-electron chi connectivity index (χ3n) is 6.10. The molecule has 0 aliphatic carbocycles. The molecule has 0 aliphatic heterocycles. The second-order valence-electron chi connectivity index (χ2n) is 9.01. The normalized spacial score (nSPS) is 12.9. The van der Waals surface area contributed by atoms with Crippen molar-refractivity contribution in [2.45, 2.75) is 58.7 Å². The highest BCUT2D eigenvalue weighted by Crippen LogP contribution is 2.30. The topological polar surface area (TPSA) is 96.0 Å². The molecule has 0 heterocycles. The summed E-state index contributed by atoms with van der Waals surface area (Å²) in [6.45, 7) is 5.62. The highest BCUT2D eigenvalue weighted by Gasteiger charge is 2.28. The third-order valence-corrected chi connectivity index (χ3v) is 8.18. The van der Waals surface area contributed by atoms with Crippen LogP contribution in [0.2, 0.25) is 15.1 Å². The van der Waals surface area contributed by atoms with Crippen LogP contribution in [-0.2, 0) is 26.2 Å². The Hall–Kier alpha value is -2.20. The minimum Gasteiger partial charge on any atom is -0.495 e. The molecular weight excluding hydrogens is 573 g/mol. The molecule has 38 heavy (non-hydrogen) atoms. The van der Waals surface area contributed by atoms with Crippen LogP contribution < -0.4 is 14.4 Å². The summed E-state index contributed by atoms with van der Waals surface area (Å²) in [5.41, 5.74) is 0.995. The summed E-state index contributed by atoms with van der Waals surface area (Å²) in [6, 6.07) is 8.78. The van der Waals surface area contributed by atoms with Crippen LogP contribution in [-0.4, -0.2) is 57.1 Å². The Morgan fingerprint density at radius 1 is 1.05 bits per heavy atom. The van der Waals surface area contributed by atoms with Gasteiger partial charge in [0.2, 0.25) is 21.8 Å². The summed E-state index contributed by atoms with van der Waals surface area (Å²) in [5, 5.41) is 4.01. The molecule has 2 aromatic rings. The lowest BCUT2D eigenvalue weighted by Gasteiger charge is -2.30. The molecule has 0 aromatic heterocycles. The average molecular weight is 607 g/mol. The first-order valence-corrected chi connectivity index (χ1v) is 15.1. The smallest absolute Gasteiger partial charge is 0.242 e. The van der Waals surface area contributed by atoms with E-state index in [1.165, 1.54) is 22.4 Å². The van der Waals surface area contributed by atoms with E-state index >= 15 is 0 Å². The van der Waals surface area contributed by atoms with Crippen LogP contribution in [0.4, 0.5) is 5.69 Å². The number of anilines is 1. The number of nitrogens with one attached hydrogen (secondary N) is 1. The first kappa shape index (κ1) is 32.0. The van der Waals surface area contributed by atoms with E-state index in [0.29, 0.717) is 27.0 Å². The number of amides is 2. The van der Waals surface area contributed by atoms with Crippen LogP contribution in [0.15, 0.2) is 36.4 Å². The van der Waals surface area contributed by atoms with Crippen LogP contribution >= 0.6 is 34.8 Å². The number of ether oxygens (including phenoxy) is 1. The van der Waals surface area contributed by atoms with Crippen molar-refractivity contribution in [1.82, 2.24) is 10.2 Å². The van der Waals surface area contributed by atoms with Crippen molar-refractivity contribution >= 4 is 62.3 Å². The number of nitrogens with zero attached hydrogens (tertiary/aromatic N) is 2. The summed E-state index contributed by atoms with van der Waals surface area (Å²) >= 11 is 18.6. The third kappa shape index (κ3) is 8.93. The molecular formula is C26H34Cl3N3O5S. The van der Waals surface area contributed by atoms with E-state index in [0.717, 1.165) is 12.7 Å². The lowest BCUT2D eigenvalue weighted by Crippen LogP contribution is -2.49. The number of methoxy groups -OCH3 is 1. The van der Waals surface area contributed by atoms with Gasteiger partial charge in [-0.15, -0.1) is 0 Å². The molecule has 210 valence electrons. The number of halogens is 3. The molecule has 12 heteroatoms. The quantitative estimate of drug-likeness (QED) is 0.323. The maximum atomic E-state index is 13.4. The van der Waals surface area contributed by atoms with Crippen molar-refractivity contribution in [1.29, 1.82) is 0 Å². The van der Waals surface area contributed by atoms with Gasteiger partial charge in [0.1, 0.15) is 11.8 Å². The number of carbonyl (C=O) groups excluding carboxylic acids is 2. The Morgan fingerprint density at radius 2 is 1.74 bits per heavy atom. The molecule has 0 spiro atoms. The standard InChI is InChI=1S/C26H34Cl3N3O5S/c1-6-17(2)30-26(34)18(3)31(16-19-9-10-20(27)14-22(19)28)25(33)8-7-13-32(38(5,35)36)21-11-12-24(37-4)23(29)15-21/h9-12,14-15,17-18H,6-8,13,16H2,1-5H3,(H,30,34)/t17-,18+/m0/s1. The van der Waals surface area contributed by atoms with Gasteiger partial charge in [-0.05, 0) is 62.6 Å². The van der Waals surface area contributed by atoms with E-state index in [1.807, 2.05) is 13.8 Å². The monoisotopic (exact) mass is 605 g/mol. The Bertz CT molecular complexity index is 1240. The van der Waals surface area contributed by atoms with Crippen molar-refractivity contribution < 1.29 is 22.7 Å². The molecule has 2 amide bonds. The predicted octanol–water partition coefficient (Wildman–Crippen LogP) is 5.53. The van der Waals surface area contributed by atoms with Crippen molar-refractivity contribution in [2.75, 3.05) is 24.2 Å². The van der Waals surface area contributed by atoms with Crippen molar-refractivity contribution in [3.05, 3.63) is 57.0 Å². The van der Waals surface area contributed by atoms with E-state index in [2.05, 4.69) is 5.32 Å². The van der Waals surface area contributed by atoms with Crippen molar-refractivity contribution in [3.8, 4) is 5.75 Å². The molecule has 0 fully saturated rings. The molecule has 0 saturated carbocycles. The minimum atomic E-state index is -3.66. The fraction of sp³-hybridized carbons (Fsp3) is 0.462. The Kier molecular flexibility index (Phi) is 12.0. The Labute approximate surface area is 240 Å². The lowest BCUT2D eigenvalue weighted by molar-refractivity contribution is -0.140. The van der Waals surface area contributed by atoms with Crippen LogP contribution in [0, 0.1) is 0 Å². The molecule has 0 saturated heterocycles. The van der Waals surface area contributed by atoms with Gasteiger partial charge in [0.15, 0.2) is 0 Å². The molecule has 2 rings (SSSR count). The van der Waals surface area contributed by atoms with Gasteiger partial charge in [-0.25, -0.2) is 8.42 Å². The first-order chi connectivity index (χ1) is 17.8. The maximum Gasteiger partial charge on any atom is 0.242 e. The summed E-state index contributed by atoms with van der Waals surface area (Å²) in [6.07, 6.45) is 2.04. The zero-order valence-corrected chi connectivity index (χ0v) is 25.2. The summed E-state index contributed by atoms with van der Waals surface area (Å²) in [7, 11) is -2.20. The Balaban J connectivity index is 2.23. The zero-order chi connectivity index (χ0) is 28.6. The van der Waals surface area contributed by atoms with Gasteiger partial charge >= 0.3 is 0 Å². The largest absolute Gasteiger partial charge is 0.495 e. The zero-order valence-electron chi connectivity index (χ0n) is 22.1. The summed E-state index contributed by atoms with van der Waals surface area (Å²) < 4.78 is 31.4. The highest BCUT2D eigenvalue weighted by molar-refractivity contribution is 7.92. The lowest BCUT2D eigenvalue weighted by atomic mass is 10.1. The molecule has 8 nitrogen and oxygen atoms in total. The van der Waals surface area contributed by atoms with Crippen LogP contribution in [0.5, 0.6) is 5.75 Å². The number of hydrogen-bond acceptors (Lipinski definition) is 5. The van der Waals surface area contributed by atoms with Crippen molar-refractivity contribution in [2.24, 2.45) is 0 Å². The Morgan fingerprint density at radius 3 is 2.29 bits per heavy atom.